The summed E-state index contributed by atoms with van der Waals surface area (Å²) in [4.78, 5) is 34.7. The molecule has 7 rings (SSSR count). The zero-order chi connectivity index (χ0) is 32.1. The molecular weight excluding hydrogens is 622 g/mol. The Balaban J connectivity index is 1.31. The minimum Gasteiger partial charge on any atom is -0.421 e. The normalized spacial score (nSPS) is 15.4. The van der Waals surface area contributed by atoms with Gasteiger partial charge in [-0.1, -0.05) is 12.1 Å². The summed E-state index contributed by atoms with van der Waals surface area (Å²) in [5.74, 6) is -3.57. The molecule has 5 aromatic rings. The van der Waals surface area contributed by atoms with E-state index in [1.54, 1.807) is 24.0 Å². The van der Waals surface area contributed by atoms with Crippen LogP contribution >= 0.6 is 11.3 Å². The summed E-state index contributed by atoms with van der Waals surface area (Å²) in [5.41, 5.74) is 3.08. The Morgan fingerprint density at radius 3 is 2.59 bits per heavy atom. The fraction of sp³-hybridized carbons (Fsp3) is 0.242. The third-order valence-corrected chi connectivity index (χ3v) is 9.34. The SMILES string of the molecule is Cc1nnc(-c2c(CCc3ccc(F)cc3F)nc3c(c2-c2ccc(C(=O)NCc4ccc(F)c(F)c4)s2)C(=O)N2CCC[C@@H]32)o1. The lowest BCUT2D eigenvalue weighted by Gasteiger charge is -2.16. The number of halogens is 4. The molecule has 8 nitrogen and oxygen atoms in total. The molecule has 234 valence electrons. The Labute approximate surface area is 264 Å². The largest absolute Gasteiger partial charge is 0.421 e. The third-order valence-electron chi connectivity index (χ3n) is 8.24. The summed E-state index contributed by atoms with van der Waals surface area (Å²) < 4.78 is 61.1. The Morgan fingerprint density at radius 2 is 1.83 bits per heavy atom. The highest BCUT2D eigenvalue weighted by atomic mass is 32.1. The molecular formula is C33H25F4N5O3S. The van der Waals surface area contributed by atoms with Crippen molar-refractivity contribution in [1.29, 1.82) is 0 Å². The first-order valence-electron chi connectivity index (χ1n) is 14.6. The maximum atomic E-state index is 14.6. The number of fused-ring (bicyclic) bond motifs is 3. The van der Waals surface area contributed by atoms with E-state index in [1.165, 1.54) is 18.2 Å². The number of hydrogen-bond acceptors (Lipinski definition) is 7. The summed E-state index contributed by atoms with van der Waals surface area (Å²) in [6, 6.07) is 9.93. The van der Waals surface area contributed by atoms with E-state index in [2.05, 4.69) is 15.5 Å². The number of aromatic nitrogens is 3. The van der Waals surface area contributed by atoms with Crippen molar-refractivity contribution < 1.29 is 31.6 Å². The third kappa shape index (κ3) is 5.34. The van der Waals surface area contributed by atoms with E-state index in [-0.39, 0.29) is 43.1 Å². The average molecular weight is 648 g/mol. The Morgan fingerprint density at radius 1 is 0.978 bits per heavy atom. The van der Waals surface area contributed by atoms with E-state index in [4.69, 9.17) is 9.40 Å². The van der Waals surface area contributed by atoms with Gasteiger partial charge in [-0.3, -0.25) is 14.6 Å². The second-order valence-electron chi connectivity index (χ2n) is 11.2. The second kappa shape index (κ2) is 11.8. The van der Waals surface area contributed by atoms with E-state index in [0.29, 0.717) is 55.5 Å². The maximum Gasteiger partial charge on any atom is 0.261 e. The average Bonchev–Trinajstić information content (AvgIpc) is 3.84. The van der Waals surface area contributed by atoms with Gasteiger partial charge in [-0.2, -0.15) is 0 Å². The highest BCUT2D eigenvalue weighted by Crippen LogP contribution is 2.49. The van der Waals surface area contributed by atoms with Crippen LogP contribution in [0.2, 0.25) is 0 Å². The van der Waals surface area contributed by atoms with Crippen molar-refractivity contribution in [2.75, 3.05) is 6.54 Å². The van der Waals surface area contributed by atoms with Crippen LogP contribution < -0.4 is 5.32 Å². The first-order chi connectivity index (χ1) is 22.2. The van der Waals surface area contributed by atoms with Crippen LogP contribution in [0.15, 0.2) is 52.9 Å². The van der Waals surface area contributed by atoms with Crippen LogP contribution in [0.25, 0.3) is 21.9 Å². The van der Waals surface area contributed by atoms with Crippen molar-refractivity contribution in [2.24, 2.45) is 0 Å². The first kappa shape index (κ1) is 29.8. The van der Waals surface area contributed by atoms with Crippen LogP contribution in [-0.2, 0) is 19.4 Å². The number of aryl methyl sites for hydroxylation is 3. The molecule has 2 aliphatic rings. The van der Waals surface area contributed by atoms with Gasteiger partial charge in [0.1, 0.15) is 11.6 Å². The topological polar surface area (TPSA) is 101 Å². The van der Waals surface area contributed by atoms with Gasteiger partial charge < -0.3 is 14.6 Å². The Hall–Kier alpha value is -4.91. The fourth-order valence-corrected chi connectivity index (χ4v) is 7.08. The number of thiophene rings is 1. The van der Waals surface area contributed by atoms with Gasteiger partial charge in [-0.05, 0) is 67.1 Å². The minimum absolute atomic E-state index is 0.0281. The van der Waals surface area contributed by atoms with E-state index >= 15 is 0 Å². The first-order valence-corrected chi connectivity index (χ1v) is 15.4. The van der Waals surface area contributed by atoms with Crippen molar-refractivity contribution in [2.45, 2.75) is 45.2 Å². The Bertz CT molecular complexity index is 2030. The summed E-state index contributed by atoms with van der Waals surface area (Å²) in [6.45, 7) is 2.18. The molecule has 0 spiro atoms. The molecule has 13 heteroatoms. The molecule has 0 radical (unpaired) electrons. The molecule has 0 saturated carbocycles. The number of benzene rings is 2. The Kier molecular flexibility index (Phi) is 7.63. The zero-order valence-electron chi connectivity index (χ0n) is 24.4. The molecule has 1 fully saturated rings. The van der Waals surface area contributed by atoms with E-state index in [0.717, 1.165) is 42.4 Å². The van der Waals surface area contributed by atoms with Gasteiger partial charge in [0.15, 0.2) is 11.6 Å². The lowest BCUT2D eigenvalue weighted by atomic mass is 9.93. The molecule has 2 amide bonds. The molecule has 2 aromatic carbocycles. The van der Waals surface area contributed by atoms with Crippen molar-refractivity contribution in [3.05, 3.63) is 111 Å². The van der Waals surface area contributed by atoms with Gasteiger partial charge in [0.05, 0.1) is 33.4 Å². The molecule has 1 saturated heterocycles. The quantitative estimate of drug-likeness (QED) is 0.188. The number of pyridine rings is 1. The number of hydrogen-bond donors (Lipinski definition) is 1. The highest BCUT2D eigenvalue weighted by molar-refractivity contribution is 7.17. The van der Waals surface area contributed by atoms with E-state index in [9.17, 15) is 27.2 Å². The molecule has 3 aromatic heterocycles. The van der Waals surface area contributed by atoms with Crippen LogP contribution in [-0.4, -0.2) is 38.4 Å². The van der Waals surface area contributed by atoms with Gasteiger partial charge in [0.2, 0.25) is 11.8 Å². The van der Waals surface area contributed by atoms with Gasteiger partial charge >= 0.3 is 0 Å². The number of carbonyl (C=O) groups excluding carboxylic acids is 2. The van der Waals surface area contributed by atoms with Crippen LogP contribution in [0.4, 0.5) is 17.6 Å². The van der Waals surface area contributed by atoms with Gasteiger partial charge in [0, 0.05) is 36.5 Å². The lowest BCUT2D eigenvalue weighted by molar-refractivity contribution is 0.0776. The van der Waals surface area contributed by atoms with E-state index < -0.39 is 29.2 Å². The summed E-state index contributed by atoms with van der Waals surface area (Å²) in [5, 5.41) is 11.0. The maximum absolute atomic E-state index is 14.6. The molecule has 0 aliphatic carbocycles. The number of nitrogens with one attached hydrogen (secondary N) is 1. The van der Waals surface area contributed by atoms with Crippen LogP contribution in [0.5, 0.6) is 0 Å². The van der Waals surface area contributed by atoms with Crippen LogP contribution in [0, 0.1) is 30.2 Å². The van der Waals surface area contributed by atoms with E-state index in [1.807, 2.05) is 0 Å². The van der Waals surface area contributed by atoms with Gasteiger partial charge in [-0.25, -0.2) is 17.6 Å². The number of carbonyl (C=O) groups is 2. The molecule has 46 heavy (non-hydrogen) atoms. The van der Waals surface area contributed by atoms with Gasteiger partial charge in [-0.15, -0.1) is 21.5 Å². The van der Waals surface area contributed by atoms with Crippen LogP contribution in [0.1, 0.15) is 67.3 Å². The zero-order valence-corrected chi connectivity index (χ0v) is 25.2. The predicted octanol–water partition coefficient (Wildman–Crippen LogP) is 6.73. The number of nitrogens with zero attached hydrogens (tertiary/aromatic N) is 4. The van der Waals surface area contributed by atoms with Crippen molar-refractivity contribution >= 4 is 23.2 Å². The molecule has 0 unspecified atom stereocenters. The summed E-state index contributed by atoms with van der Waals surface area (Å²) >= 11 is 1.14. The molecule has 1 N–H and O–H groups in total. The monoisotopic (exact) mass is 647 g/mol. The van der Waals surface area contributed by atoms with Crippen LogP contribution in [0.3, 0.4) is 0 Å². The van der Waals surface area contributed by atoms with Gasteiger partial charge in [0.25, 0.3) is 11.8 Å². The number of amides is 2. The minimum atomic E-state index is -1.01. The standard InChI is InChI=1S/C33H25F4N5O3S/c1-16-40-41-32(45-16)27-23(9-6-18-5-7-19(34)14-21(18)36)39-30-24-3-2-12-42(24)33(44)29(30)28(27)25-10-11-26(46-25)31(43)38-15-17-4-8-20(35)22(37)13-17/h4-5,7-8,10-11,13-14,24H,2-3,6,9,12,15H2,1H3,(H,38,43)/t24-/m0/s1. The molecule has 5 heterocycles. The summed E-state index contributed by atoms with van der Waals surface area (Å²) in [7, 11) is 0. The molecule has 1 atom stereocenters. The number of rotatable bonds is 8. The second-order valence-corrected chi connectivity index (χ2v) is 12.3. The lowest BCUT2D eigenvalue weighted by Crippen LogP contribution is -2.23. The smallest absolute Gasteiger partial charge is 0.261 e. The molecule has 0 bridgehead atoms. The highest BCUT2D eigenvalue weighted by Gasteiger charge is 2.44. The fourth-order valence-electron chi connectivity index (χ4n) is 6.10. The van der Waals surface area contributed by atoms with Crippen molar-refractivity contribution in [3.8, 4) is 21.9 Å². The summed E-state index contributed by atoms with van der Waals surface area (Å²) in [6.07, 6.45) is 1.96. The molecule has 2 aliphatic heterocycles. The van der Waals surface area contributed by atoms with Crippen molar-refractivity contribution in [1.82, 2.24) is 25.4 Å². The van der Waals surface area contributed by atoms with Crippen molar-refractivity contribution in [3.63, 3.8) is 0 Å². The predicted molar refractivity (Wildman–Crippen MR) is 160 cm³/mol.